The first-order valence-electron chi connectivity index (χ1n) is 8.22. The van der Waals surface area contributed by atoms with E-state index in [0.29, 0.717) is 0 Å². The predicted octanol–water partition coefficient (Wildman–Crippen LogP) is 2.70. The average Bonchev–Trinajstić information content (AvgIpc) is 2.59. The summed E-state index contributed by atoms with van der Waals surface area (Å²) in [6, 6.07) is 4.03. The Balaban J connectivity index is 1.85. The molecule has 1 fully saturated rings. The van der Waals surface area contributed by atoms with Crippen molar-refractivity contribution in [3.8, 4) is 0 Å². The molecule has 25 heavy (non-hydrogen) atoms. The van der Waals surface area contributed by atoms with E-state index in [1.165, 1.54) is 6.07 Å². The fourth-order valence-corrected chi connectivity index (χ4v) is 2.92. The highest BCUT2D eigenvalue weighted by molar-refractivity contribution is 6.39. The standard InChI is InChI=1S/C17H21F3N2O3/c18-17(19,20)12-7-4-8-13(9-12)22-16(25)15(24)21-10-14(23)11-5-2-1-3-6-11/h4,7-9,11,14,23H,1-3,5-6,10H2,(H,21,24)(H,22,25). The Kier molecular flexibility index (Phi) is 6.41. The van der Waals surface area contributed by atoms with Crippen molar-refractivity contribution in [2.75, 3.05) is 11.9 Å². The molecule has 0 bridgehead atoms. The Morgan fingerprint density at radius 1 is 1.16 bits per heavy atom. The van der Waals surface area contributed by atoms with Crippen LogP contribution in [0.1, 0.15) is 37.7 Å². The quantitative estimate of drug-likeness (QED) is 0.724. The van der Waals surface area contributed by atoms with Crippen molar-refractivity contribution in [2.24, 2.45) is 5.92 Å². The summed E-state index contributed by atoms with van der Waals surface area (Å²) < 4.78 is 37.9. The number of carbonyl (C=O) groups is 2. The van der Waals surface area contributed by atoms with Gasteiger partial charge in [-0.05, 0) is 37.0 Å². The Morgan fingerprint density at radius 3 is 2.48 bits per heavy atom. The molecule has 1 aliphatic rings. The minimum absolute atomic E-state index is 0.0560. The molecule has 0 saturated heterocycles. The molecule has 1 aromatic rings. The van der Waals surface area contributed by atoms with Crippen LogP contribution >= 0.6 is 0 Å². The molecule has 8 heteroatoms. The van der Waals surface area contributed by atoms with E-state index in [4.69, 9.17) is 0 Å². The lowest BCUT2D eigenvalue weighted by Gasteiger charge is -2.26. The van der Waals surface area contributed by atoms with Crippen LogP contribution < -0.4 is 10.6 Å². The number of amides is 2. The molecule has 1 aliphatic carbocycles. The Morgan fingerprint density at radius 2 is 1.84 bits per heavy atom. The van der Waals surface area contributed by atoms with Crippen LogP contribution in [-0.2, 0) is 15.8 Å². The van der Waals surface area contributed by atoms with Gasteiger partial charge in [0.2, 0.25) is 0 Å². The van der Waals surface area contributed by atoms with Gasteiger partial charge in [-0.15, -0.1) is 0 Å². The number of alkyl halides is 3. The van der Waals surface area contributed by atoms with E-state index in [2.05, 4.69) is 10.6 Å². The summed E-state index contributed by atoms with van der Waals surface area (Å²) in [5.74, 6) is -1.97. The van der Waals surface area contributed by atoms with Crippen molar-refractivity contribution in [3.63, 3.8) is 0 Å². The van der Waals surface area contributed by atoms with E-state index in [0.717, 1.165) is 50.3 Å². The van der Waals surface area contributed by atoms with Gasteiger partial charge in [0, 0.05) is 12.2 Å². The van der Waals surface area contributed by atoms with E-state index in [1.54, 1.807) is 0 Å². The highest BCUT2D eigenvalue weighted by atomic mass is 19.4. The van der Waals surface area contributed by atoms with Gasteiger partial charge in [-0.2, -0.15) is 13.2 Å². The summed E-state index contributed by atoms with van der Waals surface area (Å²) in [6.45, 7) is -0.0560. The van der Waals surface area contributed by atoms with Gasteiger partial charge in [-0.3, -0.25) is 9.59 Å². The van der Waals surface area contributed by atoms with Crippen molar-refractivity contribution < 1.29 is 27.9 Å². The second kappa shape index (κ2) is 8.33. The average molecular weight is 358 g/mol. The molecule has 1 saturated carbocycles. The molecule has 1 aromatic carbocycles. The minimum Gasteiger partial charge on any atom is -0.391 e. The van der Waals surface area contributed by atoms with Gasteiger partial charge in [-0.1, -0.05) is 25.3 Å². The summed E-state index contributed by atoms with van der Waals surface area (Å²) in [7, 11) is 0. The summed E-state index contributed by atoms with van der Waals surface area (Å²) in [5, 5.41) is 14.5. The molecule has 0 aliphatic heterocycles. The molecule has 1 unspecified atom stereocenters. The number of halogens is 3. The van der Waals surface area contributed by atoms with Crippen molar-refractivity contribution in [1.82, 2.24) is 5.32 Å². The van der Waals surface area contributed by atoms with Gasteiger partial charge in [0.15, 0.2) is 0 Å². The molecular formula is C17H21F3N2O3. The van der Waals surface area contributed by atoms with Crippen LogP contribution in [0.5, 0.6) is 0 Å². The summed E-state index contributed by atoms with van der Waals surface area (Å²) >= 11 is 0. The van der Waals surface area contributed by atoms with Gasteiger partial charge < -0.3 is 15.7 Å². The molecule has 5 nitrogen and oxygen atoms in total. The molecule has 0 aromatic heterocycles. The third-order valence-electron chi connectivity index (χ3n) is 4.32. The first-order valence-corrected chi connectivity index (χ1v) is 8.22. The fraction of sp³-hybridized carbons (Fsp3) is 0.529. The SMILES string of the molecule is O=C(NCC(O)C1CCCCC1)C(=O)Nc1cccc(C(F)(F)F)c1. The molecule has 138 valence electrons. The first-order chi connectivity index (χ1) is 11.8. The molecule has 0 radical (unpaired) electrons. The lowest BCUT2D eigenvalue weighted by molar-refractivity contribution is -0.137. The number of rotatable bonds is 4. The highest BCUT2D eigenvalue weighted by Gasteiger charge is 2.30. The molecule has 3 N–H and O–H groups in total. The van der Waals surface area contributed by atoms with E-state index < -0.39 is 29.7 Å². The maximum Gasteiger partial charge on any atom is 0.416 e. The lowest BCUT2D eigenvalue weighted by atomic mass is 9.85. The number of aliphatic hydroxyl groups excluding tert-OH is 1. The Hall–Kier alpha value is -2.09. The van der Waals surface area contributed by atoms with E-state index in [1.807, 2.05) is 0 Å². The maximum atomic E-state index is 12.6. The summed E-state index contributed by atoms with van der Waals surface area (Å²) in [4.78, 5) is 23.5. The monoisotopic (exact) mass is 358 g/mol. The van der Waals surface area contributed by atoms with Crippen LogP contribution in [0, 0.1) is 5.92 Å². The van der Waals surface area contributed by atoms with Crippen LogP contribution in [0.4, 0.5) is 18.9 Å². The molecular weight excluding hydrogens is 337 g/mol. The molecule has 1 atom stereocenters. The van der Waals surface area contributed by atoms with E-state index in [9.17, 15) is 27.9 Å². The van der Waals surface area contributed by atoms with Gasteiger partial charge in [0.1, 0.15) is 0 Å². The second-order valence-electron chi connectivity index (χ2n) is 6.21. The van der Waals surface area contributed by atoms with E-state index in [-0.39, 0.29) is 18.2 Å². The third-order valence-corrected chi connectivity index (χ3v) is 4.32. The Labute approximate surface area is 143 Å². The summed E-state index contributed by atoms with van der Waals surface area (Å²) in [6.07, 6.45) is -0.300. The largest absolute Gasteiger partial charge is 0.416 e. The van der Waals surface area contributed by atoms with Crippen molar-refractivity contribution in [3.05, 3.63) is 29.8 Å². The topological polar surface area (TPSA) is 78.4 Å². The normalized spacial score (nSPS) is 17.0. The van der Waals surface area contributed by atoms with Crippen LogP contribution in [0.25, 0.3) is 0 Å². The molecule has 2 rings (SSSR count). The number of nitrogens with one attached hydrogen (secondary N) is 2. The van der Waals surface area contributed by atoms with Crippen LogP contribution in [0.15, 0.2) is 24.3 Å². The van der Waals surface area contributed by atoms with Gasteiger partial charge in [0.05, 0.1) is 11.7 Å². The van der Waals surface area contributed by atoms with Crippen LogP contribution in [-0.4, -0.2) is 29.6 Å². The number of aliphatic hydroxyl groups is 1. The summed E-state index contributed by atoms with van der Waals surface area (Å²) in [5.41, 5.74) is -1.04. The van der Waals surface area contributed by atoms with E-state index >= 15 is 0 Å². The predicted molar refractivity (Wildman–Crippen MR) is 85.7 cm³/mol. The van der Waals surface area contributed by atoms with Crippen molar-refractivity contribution in [2.45, 2.75) is 44.4 Å². The maximum absolute atomic E-state index is 12.6. The number of hydrogen-bond donors (Lipinski definition) is 3. The number of hydrogen-bond acceptors (Lipinski definition) is 3. The minimum atomic E-state index is -4.53. The van der Waals surface area contributed by atoms with Crippen molar-refractivity contribution in [1.29, 1.82) is 0 Å². The molecule has 0 spiro atoms. The smallest absolute Gasteiger partial charge is 0.391 e. The van der Waals surface area contributed by atoms with Crippen LogP contribution in [0.3, 0.4) is 0 Å². The number of carbonyl (C=O) groups excluding carboxylic acids is 2. The fourth-order valence-electron chi connectivity index (χ4n) is 2.92. The zero-order valence-electron chi connectivity index (χ0n) is 13.6. The van der Waals surface area contributed by atoms with Gasteiger partial charge in [0.25, 0.3) is 0 Å². The lowest BCUT2D eigenvalue weighted by Crippen LogP contribution is -2.42. The zero-order valence-corrected chi connectivity index (χ0v) is 13.6. The van der Waals surface area contributed by atoms with Gasteiger partial charge >= 0.3 is 18.0 Å². The zero-order chi connectivity index (χ0) is 18.4. The van der Waals surface area contributed by atoms with Crippen molar-refractivity contribution >= 4 is 17.5 Å². The number of anilines is 1. The Bertz CT molecular complexity index is 613. The molecule has 2 amide bonds. The third kappa shape index (κ3) is 5.74. The number of benzene rings is 1. The van der Waals surface area contributed by atoms with Crippen LogP contribution in [0.2, 0.25) is 0 Å². The molecule has 0 heterocycles. The second-order valence-corrected chi connectivity index (χ2v) is 6.21. The first kappa shape index (κ1) is 19.2. The highest BCUT2D eigenvalue weighted by Crippen LogP contribution is 2.30. The van der Waals surface area contributed by atoms with Gasteiger partial charge in [-0.25, -0.2) is 0 Å².